The van der Waals surface area contributed by atoms with Crippen molar-refractivity contribution in [1.29, 1.82) is 0 Å². The standard InChI is InChI=1S/C13H28N2/c1-5-8-15(10-13(3,4)9-14)11(2)12-6-7-12/h11-12H,5-10,14H2,1-4H3. The van der Waals surface area contributed by atoms with Crippen molar-refractivity contribution in [2.45, 2.75) is 53.0 Å². The lowest BCUT2D eigenvalue weighted by Gasteiger charge is -2.36. The van der Waals surface area contributed by atoms with Gasteiger partial charge in [0, 0.05) is 12.6 Å². The van der Waals surface area contributed by atoms with E-state index in [2.05, 4.69) is 32.6 Å². The molecule has 0 aliphatic heterocycles. The number of hydrogen-bond donors (Lipinski definition) is 1. The van der Waals surface area contributed by atoms with Crippen LogP contribution < -0.4 is 5.73 Å². The van der Waals surface area contributed by atoms with Gasteiger partial charge in [0.15, 0.2) is 0 Å². The Morgan fingerprint density at radius 3 is 2.40 bits per heavy atom. The van der Waals surface area contributed by atoms with Gasteiger partial charge < -0.3 is 5.73 Å². The Bertz CT molecular complexity index is 185. The fraction of sp³-hybridized carbons (Fsp3) is 1.00. The topological polar surface area (TPSA) is 29.3 Å². The molecular formula is C13H28N2. The molecule has 0 spiro atoms. The van der Waals surface area contributed by atoms with Crippen molar-refractivity contribution in [3.63, 3.8) is 0 Å². The van der Waals surface area contributed by atoms with E-state index in [9.17, 15) is 0 Å². The highest BCUT2D eigenvalue weighted by Crippen LogP contribution is 2.36. The van der Waals surface area contributed by atoms with Crippen LogP contribution >= 0.6 is 0 Å². The summed E-state index contributed by atoms with van der Waals surface area (Å²) in [5.74, 6) is 0.963. The minimum atomic E-state index is 0.262. The van der Waals surface area contributed by atoms with Crippen LogP contribution in [0.4, 0.5) is 0 Å². The number of hydrogen-bond acceptors (Lipinski definition) is 2. The van der Waals surface area contributed by atoms with E-state index in [1.165, 1.54) is 25.8 Å². The molecule has 0 saturated heterocycles. The van der Waals surface area contributed by atoms with Crippen molar-refractivity contribution < 1.29 is 0 Å². The van der Waals surface area contributed by atoms with Gasteiger partial charge in [-0.3, -0.25) is 4.90 Å². The third-order valence-electron chi connectivity index (χ3n) is 3.57. The molecule has 1 fully saturated rings. The van der Waals surface area contributed by atoms with Crippen LogP contribution in [0.1, 0.15) is 47.0 Å². The lowest BCUT2D eigenvalue weighted by molar-refractivity contribution is 0.128. The Labute approximate surface area is 95.2 Å². The van der Waals surface area contributed by atoms with E-state index in [1.807, 2.05) is 0 Å². The highest BCUT2D eigenvalue weighted by atomic mass is 15.2. The van der Waals surface area contributed by atoms with Crippen molar-refractivity contribution in [1.82, 2.24) is 4.90 Å². The first-order valence-electron chi connectivity index (χ1n) is 6.44. The maximum atomic E-state index is 5.82. The Morgan fingerprint density at radius 2 is 2.00 bits per heavy atom. The number of nitrogens with two attached hydrogens (primary N) is 1. The molecule has 2 N–H and O–H groups in total. The third kappa shape index (κ3) is 4.12. The first-order chi connectivity index (χ1) is 7.00. The summed E-state index contributed by atoms with van der Waals surface area (Å²) < 4.78 is 0. The fourth-order valence-corrected chi connectivity index (χ4v) is 2.21. The quantitative estimate of drug-likeness (QED) is 0.702. The van der Waals surface area contributed by atoms with Crippen molar-refractivity contribution in [2.24, 2.45) is 17.1 Å². The molecule has 90 valence electrons. The molecule has 0 aromatic heterocycles. The molecule has 1 unspecified atom stereocenters. The van der Waals surface area contributed by atoms with Crippen LogP contribution in [-0.4, -0.2) is 30.6 Å². The van der Waals surface area contributed by atoms with Gasteiger partial charge in [0.05, 0.1) is 0 Å². The molecule has 1 atom stereocenters. The molecule has 0 amide bonds. The summed E-state index contributed by atoms with van der Waals surface area (Å²) in [7, 11) is 0. The zero-order valence-corrected chi connectivity index (χ0v) is 10.9. The van der Waals surface area contributed by atoms with Crippen molar-refractivity contribution >= 4 is 0 Å². The summed E-state index contributed by atoms with van der Waals surface area (Å²) in [6.07, 6.45) is 4.12. The summed E-state index contributed by atoms with van der Waals surface area (Å²) in [5, 5.41) is 0. The number of rotatable bonds is 7. The smallest absolute Gasteiger partial charge is 0.00954 e. The maximum absolute atomic E-state index is 5.82. The van der Waals surface area contributed by atoms with Crippen LogP contribution in [0.3, 0.4) is 0 Å². The van der Waals surface area contributed by atoms with E-state index in [-0.39, 0.29) is 5.41 Å². The zero-order chi connectivity index (χ0) is 11.5. The zero-order valence-electron chi connectivity index (χ0n) is 10.9. The molecule has 15 heavy (non-hydrogen) atoms. The van der Waals surface area contributed by atoms with Gasteiger partial charge in [0.2, 0.25) is 0 Å². The maximum Gasteiger partial charge on any atom is 0.00954 e. The molecule has 1 aliphatic rings. The highest BCUT2D eigenvalue weighted by molar-refractivity contribution is 4.87. The van der Waals surface area contributed by atoms with Crippen LogP contribution in [0, 0.1) is 11.3 Å². The lowest BCUT2D eigenvalue weighted by Crippen LogP contribution is -2.44. The summed E-state index contributed by atoms with van der Waals surface area (Å²) in [6, 6.07) is 0.760. The second-order valence-corrected chi connectivity index (χ2v) is 5.92. The minimum absolute atomic E-state index is 0.262. The molecule has 0 heterocycles. The predicted molar refractivity (Wildman–Crippen MR) is 66.9 cm³/mol. The van der Waals surface area contributed by atoms with Gasteiger partial charge in [-0.15, -0.1) is 0 Å². The Balaban J connectivity index is 2.48. The average molecular weight is 212 g/mol. The van der Waals surface area contributed by atoms with Crippen LogP contribution in [0.15, 0.2) is 0 Å². The van der Waals surface area contributed by atoms with E-state index < -0.39 is 0 Å². The number of nitrogens with zero attached hydrogens (tertiary/aromatic N) is 1. The monoisotopic (exact) mass is 212 g/mol. The summed E-state index contributed by atoms with van der Waals surface area (Å²) in [5.41, 5.74) is 6.08. The van der Waals surface area contributed by atoms with Gasteiger partial charge in [-0.25, -0.2) is 0 Å². The highest BCUT2D eigenvalue weighted by Gasteiger charge is 2.33. The molecule has 0 aromatic rings. The van der Waals surface area contributed by atoms with Crippen molar-refractivity contribution in [3.8, 4) is 0 Å². The van der Waals surface area contributed by atoms with Gasteiger partial charge in [0.25, 0.3) is 0 Å². The molecule has 0 bridgehead atoms. The first kappa shape index (κ1) is 13.0. The Kier molecular flexibility index (Phi) is 4.60. The molecular weight excluding hydrogens is 184 g/mol. The normalized spacial score (nSPS) is 19.6. The van der Waals surface area contributed by atoms with Crippen LogP contribution in [0.25, 0.3) is 0 Å². The van der Waals surface area contributed by atoms with E-state index >= 15 is 0 Å². The largest absolute Gasteiger partial charge is 0.330 e. The van der Waals surface area contributed by atoms with Gasteiger partial charge >= 0.3 is 0 Å². The van der Waals surface area contributed by atoms with Crippen molar-refractivity contribution in [2.75, 3.05) is 19.6 Å². The van der Waals surface area contributed by atoms with Crippen LogP contribution in [0.2, 0.25) is 0 Å². The summed E-state index contributed by atoms with van der Waals surface area (Å²) >= 11 is 0. The SMILES string of the molecule is CCCN(CC(C)(C)CN)C(C)C1CC1. The minimum Gasteiger partial charge on any atom is -0.330 e. The molecule has 2 heteroatoms. The van der Waals surface area contributed by atoms with Gasteiger partial charge in [-0.2, -0.15) is 0 Å². The predicted octanol–water partition coefficient (Wildman–Crippen LogP) is 2.48. The Morgan fingerprint density at radius 1 is 1.40 bits per heavy atom. The third-order valence-corrected chi connectivity index (χ3v) is 3.57. The summed E-state index contributed by atoms with van der Waals surface area (Å²) in [4.78, 5) is 2.64. The average Bonchev–Trinajstić information content (AvgIpc) is 2.99. The molecule has 1 rings (SSSR count). The summed E-state index contributed by atoms with van der Waals surface area (Å²) in [6.45, 7) is 12.4. The van der Waals surface area contributed by atoms with Crippen LogP contribution in [-0.2, 0) is 0 Å². The van der Waals surface area contributed by atoms with Crippen molar-refractivity contribution in [3.05, 3.63) is 0 Å². The molecule has 1 aliphatic carbocycles. The van der Waals surface area contributed by atoms with E-state index in [0.29, 0.717) is 0 Å². The van der Waals surface area contributed by atoms with Gasteiger partial charge in [0.1, 0.15) is 0 Å². The molecule has 0 aromatic carbocycles. The lowest BCUT2D eigenvalue weighted by atomic mass is 9.92. The Hall–Kier alpha value is -0.0800. The molecule has 1 saturated carbocycles. The molecule has 0 radical (unpaired) electrons. The first-order valence-corrected chi connectivity index (χ1v) is 6.44. The van der Waals surface area contributed by atoms with Gasteiger partial charge in [-0.05, 0) is 50.6 Å². The second-order valence-electron chi connectivity index (χ2n) is 5.92. The van der Waals surface area contributed by atoms with E-state index in [0.717, 1.165) is 25.0 Å². The van der Waals surface area contributed by atoms with Gasteiger partial charge in [-0.1, -0.05) is 20.8 Å². The van der Waals surface area contributed by atoms with Crippen LogP contribution in [0.5, 0.6) is 0 Å². The second kappa shape index (κ2) is 5.31. The fourth-order valence-electron chi connectivity index (χ4n) is 2.21. The van der Waals surface area contributed by atoms with E-state index in [4.69, 9.17) is 5.73 Å². The van der Waals surface area contributed by atoms with E-state index in [1.54, 1.807) is 0 Å². The molecule has 2 nitrogen and oxygen atoms in total.